The Morgan fingerprint density at radius 3 is 2.12 bits per heavy atom. The maximum absolute atomic E-state index is 12.5. The molecule has 0 spiro atoms. The number of alkyl carbamates (subject to hydrolysis) is 1. The second kappa shape index (κ2) is 9.30. The number of phenolic OH excluding ortho intramolecular Hbond substituents is 1. The number of hydrogen-bond donors (Lipinski definition) is 5. The van der Waals surface area contributed by atoms with Gasteiger partial charge < -0.3 is 30.1 Å². The summed E-state index contributed by atoms with van der Waals surface area (Å²) in [7, 11) is -4.79. The van der Waals surface area contributed by atoms with Crippen molar-refractivity contribution in [2.45, 2.75) is 18.4 Å². The highest BCUT2D eigenvalue weighted by atomic mass is 31.2. The standard InChI is InChI=1S/C24H22NO8P/c26-15-10-9-14(22(12-15)34(30,31)32)11-21(23(27)28)25-24(29)33-13-20-18-7-3-1-5-16(18)17-6-2-4-8-19(17)20/h1-10,12,20-21,26H,11,13H2,(H,25,29)(H,27,28)(H2,30,31,32)/t21-/m0/s1. The molecule has 10 heteroatoms. The number of phenols is 1. The zero-order valence-electron chi connectivity index (χ0n) is 17.8. The summed E-state index contributed by atoms with van der Waals surface area (Å²) in [5, 5.41) is 20.9. The molecule has 0 radical (unpaired) electrons. The third kappa shape index (κ3) is 4.82. The number of carboxylic acids is 1. The second-order valence-corrected chi connectivity index (χ2v) is 9.49. The predicted octanol–water partition coefficient (Wildman–Crippen LogP) is 2.73. The average Bonchev–Trinajstić information content (AvgIpc) is 3.11. The molecule has 34 heavy (non-hydrogen) atoms. The Balaban J connectivity index is 1.47. The first kappa shape index (κ1) is 23.5. The van der Waals surface area contributed by atoms with E-state index in [0.29, 0.717) is 0 Å². The van der Waals surface area contributed by atoms with E-state index in [9.17, 15) is 34.2 Å². The van der Waals surface area contributed by atoms with Gasteiger partial charge in [-0.05, 0) is 39.9 Å². The quantitative estimate of drug-likeness (QED) is 0.322. The van der Waals surface area contributed by atoms with Gasteiger partial charge in [0.15, 0.2) is 0 Å². The number of aliphatic carboxylic acids is 1. The summed E-state index contributed by atoms with van der Waals surface area (Å²) in [5.41, 5.74) is 4.08. The summed E-state index contributed by atoms with van der Waals surface area (Å²) in [6.07, 6.45) is -1.38. The third-order valence-corrected chi connectivity index (χ3v) is 6.78. The van der Waals surface area contributed by atoms with Crippen molar-refractivity contribution in [3.8, 4) is 16.9 Å². The Bertz CT molecular complexity index is 1260. The first-order valence-electron chi connectivity index (χ1n) is 10.4. The lowest BCUT2D eigenvalue weighted by Gasteiger charge is -2.19. The van der Waals surface area contributed by atoms with Gasteiger partial charge in [0.1, 0.15) is 18.4 Å². The van der Waals surface area contributed by atoms with Gasteiger partial charge in [-0.3, -0.25) is 4.57 Å². The number of ether oxygens (including phenoxy) is 1. The summed E-state index contributed by atoms with van der Waals surface area (Å²) in [4.78, 5) is 43.3. The fourth-order valence-corrected chi connectivity index (χ4v) is 5.04. The van der Waals surface area contributed by atoms with E-state index in [1.165, 1.54) is 12.1 Å². The number of carboxylic acid groups (broad SMARTS) is 1. The largest absolute Gasteiger partial charge is 0.508 e. The van der Waals surface area contributed by atoms with Crippen molar-refractivity contribution in [2.24, 2.45) is 0 Å². The molecule has 9 nitrogen and oxygen atoms in total. The highest BCUT2D eigenvalue weighted by Crippen LogP contribution is 2.44. The van der Waals surface area contributed by atoms with E-state index in [1.807, 2.05) is 48.5 Å². The molecule has 0 bridgehead atoms. The van der Waals surface area contributed by atoms with Crippen LogP contribution >= 0.6 is 7.60 Å². The molecule has 0 fully saturated rings. The number of hydrogen-bond acceptors (Lipinski definition) is 5. The van der Waals surface area contributed by atoms with E-state index >= 15 is 0 Å². The number of fused-ring (bicyclic) bond motifs is 3. The molecule has 0 saturated carbocycles. The highest BCUT2D eigenvalue weighted by molar-refractivity contribution is 7.60. The SMILES string of the molecule is O=C(N[C@@H](Cc1ccc(O)cc1P(=O)(O)O)C(=O)O)OCC1c2ccccc2-c2ccccc21. The molecular formula is C24H22NO8P. The van der Waals surface area contributed by atoms with Crippen LogP contribution in [0.1, 0.15) is 22.6 Å². The minimum Gasteiger partial charge on any atom is -0.508 e. The van der Waals surface area contributed by atoms with Gasteiger partial charge in [-0.25, -0.2) is 9.59 Å². The van der Waals surface area contributed by atoms with Crippen molar-refractivity contribution in [3.63, 3.8) is 0 Å². The van der Waals surface area contributed by atoms with Crippen molar-refractivity contribution in [3.05, 3.63) is 83.4 Å². The Hall–Kier alpha value is -3.65. The smallest absolute Gasteiger partial charge is 0.407 e. The topological polar surface area (TPSA) is 153 Å². The third-order valence-electron chi connectivity index (χ3n) is 5.74. The Kier molecular flexibility index (Phi) is 6.43. The van der Waals surface area contributed by atoms with Gasteiger partial charge in [0.25, 0.3) is 0 Å². The van der Waals surface area contributed by atoms with E-state index in [2.05, 4.69) is 5.32 Å². The molecule has 5 N–H and O–H groups in total. The first-order chi connectivity index (χ1) is 16.1. The second-order valence-electron chi connectivity index (χ2n) is 7.92. The molecular weight excluding hydrogens is 461 g/mol. The molecule has 1 atom stereocenters. The fourth-order valence-electron chi connectivity index (χ4n) is 4.20. The van der Waals surface area contributed by atoms with Crippen LogP contribution in [0, 0.1) is 0 Å². The van der Waals surface area contributed by atoms with Crippen LogP contribution in [-0.2, 0) is 20.5 Å². The lowest BCUT2D eigenvalue weighted by molar-refractivity contribution is -0.139. The summed E-state index contributed by atoms with van der Waals surface area (Å²) in [6.45, 7) is -0.0147. The van der Waals surface area contributed by atoms with E-state index in [4.69, 9.17) is 4.74 Å². The van der Waals surface area contributed by atoms with Crippen LogP contribution in [0.5, 0.6) is 5.75 Å². The number of benzene rings is 3. The number of carbonyl (C=O) groups excluding carboxylic acids is 1. The van der Waals surface area contributed by atoms with Crippen LogP contribution in [-0.4, -0.2) is 44.7 Å². The van der Waals surface area contributed by atoms with Gasteiger partial charge >= 0.3 is 19.7 Å². The minimum atomic E-state index is -4.79. The average molecular weight is 483 g/mol. The van der Waals surface area contributed by atoms with Crippen molar-refractivity contribution >= 4 is 25.0 Å². The van der Waals surface area contributed by atoms with Crippen LogP contribution in [0.3, 0.4) is 0 Å². The summed E-state index contributed by atoms with van der Waals surface area (Å²) < 4.78 is 17.1. The van der Waals surface area contributed by atoms with Crippen molar-refractivity contribution < 1.29 is 38.9 Å². The minimum absolute atomic E-state index is 0.0147. The number of amides is 1. The lowest BCUT2D eigenvalue weighted by atomic mass is 9.98. The molecule has 176 valence electrons. The van der Waals surface area contributed by atoms with Gasteiger partial charge in [0, 0.05) is 12.3 Å². The van der Waals surface area contributed by atoms with Gasteiger partial charge in [0.2, 0.25) is 0 Å². The van der Waals surface area contributed by atoms with Crippen LogP contribution in [0.4, 0.5) is 4.79 Å². The van der Waals surface area contributed by atoms with Crippen molar-refractivity contribution in [1.29, 1.82) is 0 Å². The molecule has 4 rings (SSSR count). The number of nitrogens with one attached hydrogen (secondary N) is 1. The predicted molar refractivity (Wildman–Crippen MR) is 123 cm³/mol. The maximum atomic E-state index is 12.5. The molecule has 0 saturated heterocycles. The van der Waals surface area contributed by atoms with Crippen molar-refractivity contribution in [1.82, 2.24) is 5.32 Å². The molecule has 0 unspecified atom stereocenters. The fraction of sp³-hybridized carbons (Fsp3) is 0.167. The van der Waals surface area contributed by atoms with Gasteiger partial charge in [-0.2, -0.15) is 0 Å². The van der Waals surface area contributed by atoms with E-state index in [1.54, 1.807) is 0 Å². The van der Waals surface area contributed by atoms with Crippen LogP contribution in [0.25, 0.3) is 11.1 Å². The van der Waals surface area contributed by atoms with Gasteiger partial charge in [0.05, 0.1) is 5.30 Å². The number of carbonyl (C=O) groups is 2. The van der Waals surface area contributed by atoms with Crippen molar-refractivity contribution in [2.75, 3.05) is 6.61 Å². The molecule has 1 aliphatic carbocycles. The molecule has 0 aliphatic heterocycles. The lowest BCUT2D eigenvalue weighted by Crippen LogP contribution is -2.43. The molecule has 1 amide bonds. The molecule has 0 aromatic heterocycles. The zero-order chi connectivity index (χ0) is 24.5. The first-order valence-corrected chi connectivity index (χ1v) is 12.0. The molecule has 1 aliphatic rings. The van der Waals surface area contributed by atoms with E-state index in [-0.39, 0.29) is 23.8 Å². The monoisotopic (exact) mass is 483 g/mol. The molecule has 3 aromatic carbocycles. The molecule has 3 aromatic rings. The Morgan fingerprint density at radius 2 is 1.56 bits per heavy atom. The van der Waals surface area contributed by atoms with E-state index in [0.717, 1.165) is 28.3 Å². The summed E-state index contributed by atoms with van der Waals surface area (Å²) in [6, 6.07) is 17.3. The normalized spacial score (nSPS) is 13.6. The highest BCUT2D eigenvalue weighted by Gasteiger charge is 2.31. The van der Waals surface area contributed by atoms with Gasteiger partial charge in [-0.1, -0.05) is 54.6 Å². The number of aromatic hydroxyl groups is 1. The molecule has 0 heterocycles. The van der Waals surface area contributed by atoms with Crippen LogP contribution in [0.15, 0.2) is 66.7 Å². The van der Waals surface area contributed by atoms with Crippen LogP contribution in [0.2, 0.25) is 0 Å². The van der Waals surface area contributed by atoms with E-state index < -0.39 is 37.4 Å². The van der Waals surface area contributed by atoms with Crippen LogP contribution < -0.4 is 10.6 Å². The van der Waals surface area contributed by atoms with Gasteiger partial charge in [-0.15, -0.1) is 0 Å². The number of rotatable bonds is 7. The maximum Gasteiger partial charge on any atom is 0.407 e. The Labute approximate surface area is 194 Å². The Morgan fingerprint density at radius 1 is 0.971 bits per heavy atom. The zero-order valence-corrected chi connectivity index (χ0v) is 18.7. The summed E-state index contributed by atoms with van der Waals surface area (Å²) in [5.74, 6) is -1.99. The summed E-state index contributed by atoms with van der Waals surface area (Å²) >= 11 is 0.